The monoisotopic (exact) mass is 388 g/mol. The van der Waals surface area contributed by atoms with Gasteiger partial charge < -0.3 is 15.1 Å². The number of piperazine rings is 1. The highest BCUT2D eigenvalue weighted by molar-refractivity contribution is 6.06. The number of carbonyl (C=O) groups is 2. The molecular formula is C22H36N4O2+2. The third-order valence-electron chi connectivity index (χ3n) is 6.15. The standard InChI is InChI=1S/C22H34N4O2/c1-17(2)8-9-22(4)20(27)26(21(28)23-22)16-25-12-10-24(11-13-25)15-19-7-5-6-18(3)14-19/h5-7,14,17H,8-13,15-16H2,1-4H3,(H,23,28)/p+2/t22-/m1/s1. The number of urea groups is 1. The molecule has 1 atom stereocenters. The molecule has 28 heavy (non-hydrogen) atoms. The summed E-state index contributed by atoms with van der Waals surface area (Å²) in [5, 5.41) is 2.94. The molecule has 0 spiro atoms. The van der Waals surface area contributed by atoms with Crippen LogP contribution in [0.25, 0.3) is 0 Å². The van der Waals surface area contributed by atoms with Crippen LogP contribution in [0.4, 0.5) is 4.79 Å². The smallest absolute Gasteiger partial charge is 0.323 e. The van der Waals surface area contributed by atoms with E-state index in [1.54, 1.807) is 4.90 Å². The zero-order valence-electron chi connectivity index (χ0n) is 17.8. The molecule has 6 nitrogen and oxygen atoms in total. The third kappa shape index (κ3) is 4.92. The molecule has 2 aliphatic rings. The van der Waals surface area contributed by atoms with E-state index in [1.165, 1.54) is 20.9 Å². The maximum atomic E-state index is 12.9. The molecular weight excluding hydrogens is 352 g/mol. The molecule has 3 N–H and O–H groups in total. The lowest BCUT2D eigenvalue weighted by molar-refractivity contribution is -1.02. The Morgan fingerprint density at radius 3 is 2.46 bits per heavy atom. The van der Waals surface area contributed by atoms with Gasteiger partial charge in [-0.05, 0) is 32.6 Å². The Morgan fingerprint density at radius 2 is 1.82 bits per heavy atom. The van der Waals surface area contributed by atoms with Gasteiger partial charge in [-0.15, -0.1) is 0 Å². The van der Waals surface area contributed by atoms with Gasteiger partial charge in [-0.3, -0.25) is 4.79 Å². The van der Waals surface area contributed by atoms with Crippen LogP contribution in [-0.4, -0.2) is 55.2 Å². The van der Waals surface area contributed by atoms with E-state index in [0.29, 0.717) is 19.0 Å². The van der Waals surface area contributed by atoms with Crippen molar-refractivity contribution in [2.24, 2.45) is 5.92 Å². The van der Waals surface area contributed by atoms with Gasteiger partial charge in [0.05, 0.1) is 0 Å². The van der Waals surface area contributed by atoms with Gasteiger partial charge in [0.15, 0.2) is 6.67 Å². The number of rotatable bonds is 7. The molecule has 2 heterocycles. The molecule has 0 aromatic heterocycles. The number of benzene rings is 1. The Morgan fingerprint density at radius 1 is 1.14 bits per heavy atom. The number of nitrogens with zero attached hydrogens (tertiary/aromatic N) is 1. The fraction of sp³-hybridized carbons (Fsp3) is 0.636. The summed E-state index contributed by atoms with van der Waals surface area (Å²) in [7, 11) is 0. The topological polar surface area (TPSA) is 58.3 Å². The highest BCUT2D eigenvalue weighted by Crippen LogP contribution is 2.24. The van der Waals surface area contributed by atoms with E-state index in [9.17, 15) is 9.59 Å². The SMILES string of the molecule is Cc1cccc(C[NH+]2CC[NH+](CN3C(=O)N[C@](C)(CCC(C)C)C3=O)CC2)c1. The summed E-state index contributed by atoms with van der Waals surface area (Å²) in [6.45, 7) is 13.9. The van der Waals surface area contributed by atoms with E-state index in [0.717, 1.165) is 39.1 Å². The molecule has 0 aliphatic carbocycles. The van der Waals surface area contributed by atoms with E-state index in [4.69, 9.17) is 0 Å². The predicted octanol–water partition coefficient (Wildman–Crippen LogP) is -0.0174. The summed E-state index contributed by atoms with van der Waals surface area (Å²) in [6, 6.07) is 8.49. The maximum Gasteiger partial charge on any atom is 0.329 e. The predicted molar refractivity (Wildman–Crippen MR) is 109 cm³/mol. The van der Waals surface area contributed by atoms with Crippen molar-refractivity contribution in [2.75, 3.05) is 32.8 Å². The quantitative estimate of drug-likeness (QED) is 0.575. The number of quaternary nitrogens is 2. The molecule has 154 valence electrons. The largest absolute Gasteiger partial charge is 0.329 e. The van der Waals surface area contributed by atoms with Crippen LogP contribution in [0.15, 0.2) is 24.3 Å². The van der Waals surface area contributed by atoms with Crippen LogP contribution in [-0.2, 0) is 11.3 Å². The van der Waals surface area contributed by atoms with Crippen LogP contribution in [0.2, 0.25) is 0 Å². The van der Waals surface area contributed by atoms with Crippen molar-refractivity contribution in [3.05, 3.63) is 35.4 Å². The third-order valence-corrected chi connectivity index (χ3v) is 6.15. The van der Waals surface area contributed by atoms with Crippen LogP contribution in [0.5, 0.6) is 0 Å². The average Bonchev–Trinajstić information content (AvgIpc) is 2.85. The first-order valence-electron chi connectivity index (χ1n) is 10.6. The second-order valence-corrected chi connectivity index (χ2v) is 9.25. The Labute approximate surface area is 168 Å². The van der Waals surface area contributed by atoms with Crippen LogP contribution in [0.3, 0.4) is 0 Å². The zero-order chi connectivity index (χ0) is 20.3. The lowest BCUT2D eigenvalue weighted by Crippen LogP contribution is -3.28. The van der Waals surface area contributed by atoms with Gasteiger partial charge in [0.25, 0.3) is 5.91 Å². The number of amides is 3. The second kappa shape index (κ2) is 8.62. The normalized spacial score (nSPS) is 28.1. The Bertz CT molecular complexity index is 712. The first kappa shape index (κ1) is 20.8. The van der Waals surface area contributed by atoms with Gasteiger partial charge >= 0.3 is 6.03 Å². The molecule has 0 unspecified atom stereocenters. The Hall–Kier alpha value is -1.92. The van der Waals surface area contributed by atoms with Crippen molar-refractivity contribution < 1.29 is 19.4 Å². The number of imide groups is 1. The fourth-order valence-corrected chi connectivity index (χ4v) is 4.26. The van der Waals surface area contributed by atoms with Crippen LogP contribution < -0.4 is 15.1 Å². The molecule has 2 fully saturated rings. The van der Waals surface area contributed by atoms with Crippen molar-refractivity contribution in [3.63, 3.8) is 0 Å². The number of aryl methyl sites for hydroxylation is 1. The summed E-state index contributed by atoms with van der Waals surface area (Å²) in [5.41, 5.74) is 1.95. The summed E-state index contributed by atoms with van der Waals surface area (Å²) >= 11 is 0. The molecule has 0 bridgehead atoms. The summed E-state index contributed by atoms with van der Waals surface area (Å²) < 4.78 is 0. The minimum Gasteiger partial charge on any atom is -0.323 e. The van der Waals surface area contributed by atoms with Gasteiger partial charge in [-0.25, -0.2) is 9.69 Å². The number of hydrogen-bond donors (Lipinski definition) is 3. The molecule has 0 radical (unpaired) electrons. The van der Waals surface area contributed by atoms with E-state index >= 15 is 0 Å². The van der Waals surface area contributed by atoms with Gasteiger partial charge in [0.2, 0.25) is 0 Å². The van der Waals surface area contributed by atoms with Crippen molar-refractivity contribution >= 4 is 11.9 Å². The highest BCUT2D eigenvalue weighted by atomic mass is 16.2. The first-order chi connectivity index (χ1) is 13.3. The highest BCUT2D eigenvalue weighted by Gasteiger charge is 2.48. The van der Waals surface area contributed by atoms with Crippen molar-refractivity contribution in [2.45, 2.75) is 52.6 Å². The lowest BCUT2D eigenvalue weighted by atomic mass is 9.92. The van der Waals surface area contributed by atoms with Crippen LogP contribution >= 0.6 is 0 Å². The summed E-state index contributed by atoms with van der Waals surface area (Å²) in [5.74, 6) is 0.464. The van der Waals surface area contributed by atoms with Crippen molar-refractivity contribution in [3.8, 4) is 0 Å². The molecule has 3 rings (SSSR count). The zero-order valence-corrected chi connectivity index (χ0v) is 17.8. The lowest BCUT2D eigenvalue weighted by Gasteiger charge is -2.31. The maximum absolute atomic E-state index is 12.9. The van der Waals surface area contributed by atoms with Gasteiger partial charge in [-0.1, -0.05) is 43.7 Å². The average molecular weight is 389 g/mol. The molecule has 1 aromatic rings. The molecule has 6 heteroatoms. The molecule has 1 aromatic carbocycles. The summed E-state index contributed by atoms with van der Waals surface area (Å²) in [6.07, 6.45) is 1.64. The molecule has 3 amide bonds. The minimum absolute atomic E-state index is 0.0554. The minimum atomic E-state index is -0.737. The fourth-order valence-electron chi connectivity index (χ4n) is 4.26. The second-order valence-electron chi connectivity index (χ2n) is 9.25. The number of carbonyl (C=O) groups excluding carboxylic acids is 2. The van der Waals surface area contributed by atoms with E-state index in [-0.39, 0.29) is 11.9 Å². The van der Waals surface area contributed by atoms with Crippen LogP contribution in [0, 0.1) is 12.8 Å². The summed E-state index contributed by atoms with van der Waals surface area (Å²) in [4.78, 5) is 29.7. The van der Waals surface area contributed by atoms with Gasteiger partial charge in [0.1, 0.15) is 38.3 Å². The molecule has 2 aliphatic heterocycles. The van der Waals surface area contributed by atoms with Crippen molar-refractivity contribution in [1.29, 1.82) is 0 Å². The first-order valence-corrected chi connectivity index (χ1v) is 10.6. The van der Waals surface area contributed by atoms with Crippen LogP contribution in [0.1, 0.15) is 44.7 Å². The van der Waals surface area contributed by atoms with E-state index in [2.05, 4.69) is 50.4 Å². The van der Waals surface area contributed by atoms with Gasteiger partial charge in [-0.2, -0.15) is 0 Å². The number of hydrogen-bond acceptors (Lipinski definition) is 2. The van der Waals surface area contributed by atoms with Crippen molar-refractivity contribution in [1.82, 2.24) is 10.2 Å². The van der Waals surface area contributed by atoms with E-state index in [1.807, 2.05) is 6.92 Å². The molecule has 2 saturated heterocycles. The Kier molecular flexibility index (Phi) is 6.40. The van der Waals surface area contributed by atoms with E-state index < -0.39 is 5.54 Å². The van der Waals surface area contributed by atoms with Gasteiger partial charge in [0, 0.05) is 5.56 Å². The number of nitrogens with one attached hydrogen (secondary N) is 3. The Balaban J connectivity index is 1.50. The molecule has 0 saturated carbocycles.